The summed E-state index contributed by atoms with van der Waals surface area (Å²) in [6.45, 7) is 7.55. The monoisotopic (exact) mass is 506 g/mol. The summed E-state index contributed by atoms with van der Waals surface area (Å²) in [5, 5.41) is 0. The van der Waals surface area contributed by atoms with Crippen LogP contribution in [0, 0.1) is 6.92 Å². The Hall–Kier alpha value is -3.22. The molecule has 4 aromatic rings. The van der Waals surface area contributed by atoms with Gasteiger partial charge in [0.05, 0.1) is 0 Å². The van der Waals surface area contributed by atoms with Crippen LogP contribution in [0.3, 0.4) is 0 Å². The molecule has 4 nitrogen and oxygen atoms in total. The molecule has 35 heavy (non-hydrogen) atoms. The Labute approximate surface area is 213 Å². The van der Waals surface area contributed by atoms with Crippen molar-refractivity contribution < 1.29 is 17.3 Å². The molecule has 0 heterocycles. The second-order valence-corrected chi connectivity index (χ2v) is 11.4. The van der Waals surface area contributed by atoms with E-state index in [-0.39, 0.29) is 10.6 Å². The molecule has 6 heteroatoms. The summed E-state index contributed by atoms with van der Waals surface area (Å²) in [6.07, 6.45) is 0. The molecule has 0 radical (unpaired) electrons. The van der Waals surface area contributed by atoms with E-state index in [1.165, 1.54) is 21.9 Å². The lowest BCUT2D eigenvalue weighted by Gasteiger charge is -2.22. The fourth-order valence-corrected chi connectivity index (χ4v) is 4.72. The van der Waals surface area contributed by atoms with Crippen LogP contribution in [-0.4, -0.2) is 14.0 Å². The molecule has 0 aromatic heterocycles. The number of benzene rings is 4. The maximum atomic E-state index is 12.4. The van der Waals surface area contributed by atoms with E-state index in [4.69, 9.17) is 8.92 Å². The molecule has 0 amide bonds. The van der Waals surface area contributed by atoms with Crippen molar-refractivity contribution in [1.82, 2.24) is 0 Å². The molecule has 0 aliphatic heterocycles. The Morgan fingerprint density at radius 2 is 1.09 bits per heavy atom. The lowest BCUT2D eigenvalue weighted by molar-refractivity contribution is 0.128. The quantitative estimate of drug-likeness (QED) is 0.250. The second-order valence-electron chi connectivity index (χ2n) is 8.74. The SMILES string of the molecule is Cc1ccc(S(=O)(=O)Oc2ccccc2OC(C)(C)C)cc1.c1ccc(Sc2ccccc2)cc1. The van der Waals surface area contributed by atoms with Crippen LogP contribution in [0.5, 0.6) is 11.5 Å². The van der Waals surface area contributed by atoms with Gasteiger partial charge >= 0.3 is 10.1 Å². The van der Waals surface area contributed by atoms with Crippen molar-refractivity contribution in [1.29, 1.82) is 0 Å². The van der Waals surface area contributed by atoms with Crippen LogP contribution in [0.15, 0.2) is 124 Å². The molecule has 0 atom stereocenters. The second kappa shape index (κ2) is 12.0. The average molecular weight is 507 g/mol. The summed E-state index contributed by atoms with van der Waals surface area (Å²) in [5.41, 5.74) is 0.531. The number of hydrogen-bond donors (Lipinski definition) is 0. The van der Waals surface area contributed by atoms with Crippen LogP contribution in [-0.2, 0) is 10.1 Å². The lowest BCUT2D eigenvalue weighted by atomic mass is 10.2. The largest absolute Gasteiger partial charge is 0.484 e. The van der Waals surface area contributed by atoms with E-state index in [0.717, 1.165) is 5.56 Å². The molecule has 0 spiro atoms. The van der Waals surface area contributed by atoms with Gasteiger partial charge in [-0.1, -0.05) is 78.0 Å². The van der Waals surface area contributed by atoms with Crippen LogP contribution in [0.4, 0.5) is 0 Å². The van der Waals surface area contributed by atoms with E-state index in [1.807, 2.05) is 39.8 Å². The minimum absolute atomic E-state index is 0.115. The van der Waals surface area contributed by atoms with Gasteiger partial charge in [-0.3, -0.25) is 0 Å². The zero-order chi connectivity index (χ0) is 25.3. The molecule has 0 aliphatic carbocycles. The fourth-order valence-electron chi connectivity index (χ4n) is 2.92. The highest BCUT2D eigenvalue weighted by molar-refractivity contribution is 7.99. The smallest absolute Gasteiger partial charge is 0.339 e. The number of aryl methyl sites for hydroxylation is 1. The van der Waals surface area contributed by atoms with Gasteiger partial charge < -0.3 is 8.92 Å². The Bertz CT molecular complexity index is 1260. The zero-order valence-corrected chi connectivity index (χ0v) is 22.0. The molecular weight excluding hydrogens is 476 g/mol. The van der Waals surface area contributed by atoms with E-state index in [0.29, 0.717) is 5.75 Å². The Kier molecular flexibility index (Phi) is 9.01. The average Bonchev–Trinajstić information content (AvgIpc) is 2.81. The molecule has 0 fully saturated rings. The molecule has 0 unspecified atom stereocenters. The van der Waals surface area contributed by atoms with Gasteiger partial charge in [0.25, 0.3) is 0 Å². The summed E-state index contributed by atoms with van der Waals surface area (Å²) >= 11 is 1.79. The molecule has 0 bridgehead atoms. The first kappa shape index (κ1) is 26.4. The van der Waals surface area contributed by atoms with Crippen molar-refractivity contribution in [3.63, 3.8) is 0 Å². The van der Waals surface area contributed by atoms with Crippen LogP contribution in [0.25, 0.3) is 0 Å². The van der Waals surface area contributed by atoms with Crippen LogP contribution < -0.4 is 8.92 Å². The summed E-state index contributed by atoms with van der Waals surface area (Å²) in [6, 6.07) is 34.1. The first-order valence-electron chi connectivity index (χ1n) is 11.2. The minimum Gasteiger partial charge on any atom is -0.484 e. The van der Waals surface area contributed by atoms with Gasteiger partial charge in [-0.15, -0.1) is 0 Å². The lowest BCUT2D eigenvalue weighted by Crippen LogP contribution is -2.23. The minimum atomic E-state index is -3.89. The Morgan fingerprint density at radius 3 is 1.57 bits per heavy atom. The Balaban J connectivity index is 0.000000223. The molecule has 0 saturated heterocycles. The third-order valence-electron chi connectivity index (χ3n) is 4.50. The van der Waals surface area contributed by atoms with Crippen LogP contribution >= 0.6 is 11.8 Å². The molecule has 4 rings (SSSR count). The predicted molar refractivity (Wildman–Crippen MR) is 143 cm³/mol. The number of ether oxygens (including phenoxy) is 1. The molecular formula is C29H30O4S2. The van der Waals surface area contributed by atoms with Crippen molar-refractivity contribution in [2.45, 2.75) is 48.0 Å². The van der Waals surface area contributed by atoms with Crippen molar-refractivity contribution in [3.8, 4) is 11.5 Å². The van der Waals surface area contributed by atoms with Gasteiger partial charge in [-0.2, -0.15) is 8.42 Å². The van der Waals surface area contributed by atoms with Crippen LogP contribution in [0.2, 0.25) is 0 Å². The maximum Gasteiger partial charge on any atom is 0.339 e. The molecule has 182 valence electrons. The van der Waals surface area contributed by atoms with Gasteiger partial charge in [0, 0.05) is 9.79 Å². The first-order valence-corrected chi connectivity index (χ1v) is 13.4. The van der Waals surface area contributed by atoms with Crippen molar-refractivity contribution in [3.05, 3.63) is 115 Å². The standard InChI is InChI=1S/C17H20O4S.C12H10S/c1-13-9-11-14(12-10-13)22(18,19)21-16-8-6-5-7-15(16)20-17(2,3)4;1-3-7-11(8-4-1)13-12-9-5-2-6-10-12/h5-12H,1-4H3;1-10H. The van der Waals surface area contributed by atoms with Crippen molar-refractivity contribution in [2.75, 3.05) is 0 Å². The van der Waals surface area contributed by atoms with Gasteiger partial charge in [0.1, 0.15) is 10.5 Å². The predicted octanol–water partition coefficient (Wildman–Crippen LogP) is 7.78. The Morgan fingerprint density at radius 1 is 0.629 bits per heavy atom. The molecule has 4 aromatic carbocycles. The van der Waals surface area contributed by atoms with E-state index in [9.17, 15) is 8.42 Å². The topological polar surface area (TPSA) is 52.6 Å². The zero-order valence-electron chi connectivity index (χ0n) is 20.3. The van der Waals surface area contributed by atoms with E-state index < -0.39 is 15.7 Å². The summed E-state index contributed by atoms with van der Waals surface area (Å²) in [4.78, 5) is 2.69. The highest BCUT2D eigenvalue weighted by Crippen LogP contribution is 2.32. The normalized spacial score (nSPS) is 11.2. The van der Waals surface area contributed by atoms with E-state index in [2.05, 4.69) is 48.5 Å². The van der Waals surface area contributed by atoms with Gasteiger partial charge in [0.2, 0.25) is 0 Å². The highest BCUT2D eigenvalue weighted by Gasteiger charge is 2.21. The number of para-hydroxylation sites is 2. The third kappa shape index (κ3) is 8.81. The summed E-state index contributed by atoms with van der Waals surface area (Å²) in [7, 11) is -3.89. The summed E-state index contributed by atoms with van der Waals surface area (Å²) < 4.78 is 35.7. The van der Waals surface area contributed by atoms with Crippen molar-refractivity contribution in [2.24, 2.45) is 0 Å². The van der Waals surface area contributed by atoms with Crippen LogP contribution in [0.1, 0.15) is 26.3 Å². The third-order valence-corrected chi connectivity index (χ3v) is 6.76. The fraction of sp³-hybridized carbons (Fsp3) is 0.172. The first-order chi connectivity index (χ1) is 16.6. The number of hydrogen-bond acceptors (Lipinski definition) is 5. The van der Waals surface area contributed by atoms with Gasteiger partial charge in [-0.05, 0) is 76.2 Å². The van der Waals surface area contributed by atoms with E-state index in [1.54, 1.807) is 48.2 Å². The molecule has 0 aliphatic rings. The maximum absolute atomic E-state index is 12.4. The highest BCUT2D eigenvalue weighted by atomic mass is 32.2. The van der Waals surface area contributed by atoms with Gasteiger partial charge in [-0.25, -0.2) is 0 Å². The number of rotatable bonds is 6. The van der Waals surface area contributed by atoms with E-state index >= 15 is 0 Å². The molecule has 0 saturated carbocycles. The van der Waals surface area contributed by atoms with Crippen molar-refractivity contribution >= 4 is 21.9 Å². The molecule has 0 N–H and O–H groups in total. The summed E-state index contributed by atoms with van der Waals surface area (Å²) in [5.74, 6) is 0.573. The van der Waals surface area contributed by atoms with Gasteiger partial charge in [0.15, 0.2) is 11.5 Å².